The Bertz CT molecular complexity index is 1110. The van der Waals surface area contributed by atoms with E-state index in [9.17, 15) is 0 Å². The molecule has 2 N–H and O–H groups in total. The first-order valence-electron chi connectivity index (χ1n) is 8.59. The summed E-state index contributed by atoms with van der Waals surface area (Å²) in [7, 11) is 0. The first kappa shape index (κ1) is 15.6. The lowest BCUT2D eigenvalue weighted by Gasteiger charge is -2.12. The van der Waals surface area contributed by atoms with Crippen molar-refractivity contribution < 1.29 is 0 Å². The topological polar surface area (TPSA) is 56.7 Å². The number of benzene rings is 2. The Morgan fingerprint density at radius 1 is 1.04 bits per heavy atom. The number of nitrogens with two attached hydrogens (primary N) is 1. The molecule has 4 rings (SSSR count). The van der Waals surface area contributed by atoms with Gasteiger partial charge in [-0.3, -0.25) is 0 Å². The monoisotopic (exact) mass is 330 g/mol. The Labute approximate surface area is 147 Å². The van der Waals surface area contributed by atoms with Crippen LogP contribution in [-0.2, 0) is 0 Å². The van der Waals surface area contributed by atoms with Gasteiger partial charge in [-0.15, -0.1) is 0 Å². The van der Waals surface area contributed by atoms with Crippen molar-refractivity contribution in [2.45, 2.75) is 33.7 Å². The van der Waals surface area contributed by atoms with Gasteiger partial charge in [-0.1, -0.05) is 42.0 Å². The normalized spacial score (nSPS) is 11.7. The highest BCUT2D eigenvalue weighted by molar-refractivity contribution is 6.09. The fourth-order valence-corrected chi connectivity index (χ4v) is 3.85. The molecule has 4 aromatic rings. The predicted octanol–water partition coefficient (Wildman–Crippen LogP) is 5.03. The summed E-state index contributed by atoms with van der Waals surface area (Å²) in [6.45, 7) is 8.60. The van der Waals surface area contributed by atoms with E-state index in [1.165, 1.54) is 27.6 Å². The molecule has 2 heterocycles. The highest BCUT2D eigenvalue weighted by Crippen LogP contribution is 2.40. The second kappa shape index (κ2) is 5.59. The summed E-state index contributed by atoms with van der Waals surface area (Å²) in [5.74, 6) is 0.534. The van der Waals surface area contributed by atoms with Crippen molar-refractivity contribution >= 4 is 27.6 Å². The van der Waals surface area contributed by atoms with E-state index in [4.69, 9.17) is 5.73 Å². The van der Waals surface area contributed by atoms with Gasteiger partial charge < -0.3 is 10.3 Å². The van der Waals surface area contributed by atoms with E-state index < -0.39 is 0 Å². The van der Waals surface area contributed by atoms with Gasteiger partial charge in [0.2, 0.25) is 0 Å². The van der Waals surface area contributed by atoms with E-state index in [2.05, 4.69) is 78.6 Å². The summed E-state index contributed by atoms with van der Waals surface area (Å²) in [6.07, 6.45) is 1.55. The fraction of sp³-hybridized carbons (Fsp3) is 0.238. The van der Waals surface area contributed by atoms with Gasteiger partial charge in [0.05, 0.1) is 5.39 Å². The van der Waals surface area contributed by atoms with Gasteiger partial charge in [0.15, 0.2) is 0 Å². The fourth-order valence-electron chi connectivity index (χ4n) is 3.85. The second-order valence-electron chi connectivity index (χ2n) is 6.91. The Kier molecular flexibility index (Phi) is 3.49. The van der Waals surface area contributed by atoms with Crippen LogP contribution in [-0.4, -0.2) is 14.5 Å². The molecule has 4 nitrogen and oxygen atoms in total. The average Bonchev–Trinajstić information content (AvgIpc) is 2.87. The molecule has 0 fully saturated rings. The maximum atomic E-state index is 6.28. The zero-order valence-corrected chi connectivity index (χ0v) is 15.0. The number of nitrogens with zero attached hydrogens (tertiary/aromatic N) is 3. The SMILES string of the molecule is Cc1ccc2c(-c3c(C)n(C(C)C)c4ncnc(N)c34)cccc2c1. The van der Waals surface area contributed by atoms with Crippen molar-refractivity contribution in [3.8, 4) is 11.1 Å². The van der Waals surface area contributed by atoms with E-state index >= 15 is 0 Å². The largest absolute Gasteiger partial charge is 0.383 e. The maximum absolute atomic E-state index is 6.28. The molecular formula is C21H22N4. The number of hydrogen-bond acceptors (Lipinski definition) is 3. The molecule has 0 aliphatic carbocycles. The summed E-state index contributed by atoms with van der Waals surface area (Å²) in [6, 6.07) is 13.3. The molecule has 0 aliphatic rings. The third kappa shape index (κ3) is 2.29. The Morgan fingerprint density at radius 2 is 1.84 bits per heavy atom. The lowest BCUT2D eigenvalue weighted by molar-refractivity contribution is 0.603. The minimum Gasteiger partial charge on any atom is -0.383 e. The first-order chi connectivity index (χ1) is 12.0. The summed E-state index contributed by atoms with van der Waals surface area (Å²) < 4.78 is 2.25. The molecular weight excluding hydrogens is 308 g/mol. The van der Waals surface area contributed by atoms with Crippen LogP contribution in [0.4, 0.5) is 5.82 Å². The predicted molar refractivity (Wildman–Crippen MR) is 105 cm³/mol. The van der Waals surface area contributed by atoms with Crippen LogP contribution in [0.15, 0.2) is 42.7 Å². The summed E-state index contributed by atoms with van der Waals surface area (Å²) in [4.78, 5) is 8.79. The summed E-state index contributed by atoms with van der Waals surface area (Å²) in [5, 5.41) is 3.40. The van der Waals surface area contributed by atoms with Crippen LogP contribution in [0.25, 0.3) is 32.9 Å². The van der Waals surface area contributed by atoms with Crippen LogP contribution in [0.1, 0.15) is 31.1 Å². The lowest BCUT2D eigenvalue weighted by Crippen LogP contribution is -2.04. The van der Waals surface area contributed by atoms with Crippen molar-refractivity contribution in [1.29, 1.82) is 0 Å². The number of hydrogen-bond donors (Lipinski definition) is 1. The number of aryl methyl sites for hydroxylation is 1. The molecule has 2 aromatic carbocycles. The number of nitrogen functional groups attached to an aromatic ring is 1. The van der Waals surface area contributed by atoms with E-state index in [0.717, 1.165) is 16.6 Å². The van der Waals surface area contributed by atoms with Crippen LogP contribution in [0.3, 0.4) is 0 Å². The maximum Gasteiger partial charge on any atom is 0.146 e. The number of aromatic nitrogens is 3. The van der Waals surface area contributed by atoms with Crippen molar-refractivity contribution in [2.24, 2.45) is 0 Å². The number of rotatable bonds is 2. The molecule has 0 saturated heterocycles. The van der Waals surface area contributed by atoms with Crippen LogP contribution >= 0.6 is 0 Å². The van der Waals surface area contributed by atoms with Crippen LogP contribution < -0.4 is 5.73 Å². The van der Waals surface area contributed by atoms with E-state index in [1.807, 2.05) is 0 Å². The van der Waals surface area contributed by atoms with Gasteiger partial charge in [-0.2, -0.15) is 0 Å². The summed E-state index contributed by atoms with van der Waals surface area (Å²) in [5.41, 5.74) is 11.9. The average molecular weight is 330 g/mol. The quantitative estimate of drug-likeness (QED) is 0.561. The molecule has 0 unspecified atom stereocenters. The molecule has 0 spiro atoms. The Hall–Kier alpha value is -2.88. The molecule has 0 bridgehead atoms. The molecule has 0 amide bonds. The number of anilines is 1. The van der Waals surface area contributed by atoms with E-state index in [0.29, 0.717) is 11.9 Å². The second-order valence-corrected chi connectivity index (χ2v) is 6.91. The van der Waals surface area contributed by atoms with Gasteiger partial charge in [-0.25, -0.2) is 9.97 Å². The van der Waals surface area contributed by atoms with Gasteiger partial charge in [-0.05, 0) is 44.0 Å². The Balaban J connectivity index is 2.17. The van der Waals surface area contributed by atoms with Crippen molar-refractivity contribution in [1.82, 2.24) is 14.5 Å². The van der Waals surface area contributed by atoms with Crippen molar-refractivity contribution in [2.75, 3.05) is 5.73 Å². The van der Waals surface area contributed by atoms with Crippen LogP contribution in [0.2, 0.25) is 0 Å². The van der Waals surface area contributed by atoms with Gasteiger partial charge in [0.1, 0.15) is 17.8 Å². The molecule has 126 valence electrons. The number of fused-ring (bicyclic) bond motifs is 2. The van der Waals surface area contributed by atoms with Crippen LogP contribution in [0, 0.1) is 13.8 Å². The van der Waals surface area contributed by atoms with E-state index in [1.54, 1.807) is 6.33 Å². The summed E-state index contributed by atoms with van der Waals surface area (Å²) >= 11 is 0. The smallest absolute Gasteiger partial charge is 0.146 e. The molecule has 0 atom stereocenters. The van der Waals surface area contributed by atoms with Gasteiger partial charge in [0, 0.05) is 17.3 Å². The zero-order valence-electron chi connectivity index (χ0n) is 15.0. The van der Waals surface area contributed by atoms with Crippen LogP contribution in [0.5, 0.6) is 0 Å². The molecule has 25 heavy (non-hydrogen) atoms. The first-order valence-corrected chi connectivity index (χ1v) is 8.59. The van der Waals surface area contributed by atoms with Gasteiger partial charge >= 0.3 is 0 Å². The third-order valence-electron chi connectivity index (χ3n) is 4.88. The Morgan fingerprint density at radius 3 is 2.60 bits per heavy atom. The van der Waals surface area contributed by atoms with Crippen molar-refractivity contribution in [3.05, 3.63) is 54.0 Å². The molecule has 0 aliphatic heterocycles. The minimum absolute atomic E-state index is 0.294. The molecule has 4 heteroatoms. The zero-order chi connectivity index (χ0) is 17.7. The van der Waals surface area contributed by atoms with E-state index in [-0.39, 0.29) is 0 Å². The highest BCUT2D eigenvalue weighted by atomic mass is 15.1. The molecule has 0 radical (unpaired) electrons. The minimum atomic E-state index is 0.294. The third-order valence-corrected chi connectivity index (χ3v) is 4.88. The lowest BCUT2D eigenvalue weighted by atomic mass is 9.95. The highest BCUT2D eigenvalue weighted by Gasteiger charge is 2.21. The molecule has 2 aromatic heterocycles. The standard InChI is InChI=1S/C21H22N4/c1-12(2)25-14(4)18(19-20(22)23-11-24-21(19)25)17-7-5-6-15-10-13(3)8-9-16(15)17/h5-12H,1-4H3,(H2,22,23,24). The van der Waals surface area contributed by atoms with Gasteiger partial charge in [0.25, 0.3) is 0 Å². The molecule has 0 saturated carbocycles. The van der Waals surface area contributed by atoms with Crippen molar-refractivity contribution in [3.63, 3.8) is 0 Å².